The molecule has 2 N–H and O–H groups in total. The molecule has 0 aliphatic carbocycles. The predicted molar refractivity (Wildman–Crippen MR) is 64.7 cm³/mol. The molecule has 0 aliphatic heterocycles. The van der Waals surface area contributed by atoms with Crippen molar-refractivity contribution in [2.45, 2.75) is 6.54 Å². The molecule has 18 heavy (non-hydrogen) atoms. The first-order chi connectivity index (χ1) is 8.65. The summed E-state index contributed by atoms with van der Waals surface area (Å²) in [6.45, 7) is 0.365. The third-order valence-electron chi connectivity index (χ3n) is 2.63. The second-order valence-corrected chi connectivity index (χ2v) is 4.20. The number of aromatic nitrogens is 3. The van der Waals surface area contributed by atoms with E-state index < -0.39 is 5.82 Å². The number of nitrogens with zero attached hydrogens (tertiary/aromatic N) is 3. The van der Waals surface area contributed by atoms with Crippen molar-refractivity contribution in [2.24, 2.45) is 0 Å². The van der Waals surface area contributed by atoms with Crippen LogP contribution in [-0.4, -0.2) is 14.7 Å². The first-order valence-electron chi connectivity index (χ1n) is 5.15. The van der Waals surface area contributed by atoms with Gasteiger partial charge >= 0.3 is 0 Å². The average molecular weight is 267 g/mol. The van der Waals surface area contributed by atoms with E-state index in [0.29, 0.717) is 23.3 Å². The van der Waals surface area contributed by atoms with Crippen LogP contribution in [-0.2, 0) is 6.54 Å². The number of nitrogens with two attached hydrogens (primary N) is 1. The minimum Gasteiger partial charge on any atom is -0.369 e. The molecular weight excluding hydrogens is 259 g/mol. The molecule has 0 saturated carbocycles. The fourth-order valence-corrected chi connectivity index (χ4v) is 1.94. The fourth-order valence-electron chi connectivity index (χ4n) is 1.78. The van der Waals surface area contributed by atoms with E-state index in [4.69, 9.17) is 21.9 Å². The van der Waals surface area contributed by atoms with Crippen LogP contribution >= 0.6 is 11.6 Å². The molecule has 3 rings (SSSR count). The standard InChI is InChI=1S/C11H8ClFN4O/c12-7-3-10-9(4-8(7)13)16-11(14)17(10)5-6-1-2-15-18-6/h1-4H,5H2,(H2,14,16). The van der Waals surface area contributed by atoms with Crippen LogP contribution in [0.3, 0.4) is 0 Å². The summed E-state index contributed by atoms with van der Waals surface area (Å²) in [6, 6.07) is 4.47. The molecule has 92 valence electrons. The van der Waals surface area contributed by atoms with Gasteiger partial charge in [-0.25, -0.2) is 9.37 Å². The largest absolute Gasteiger partial charge is 0.369 e. The van der Waals surface area contributed by atoms with E-state index in [-0.39, 0.29) is 11.0 Å². The molecular formula is C11H8ClFN4O. The SMILES string of the molecule is Nc1nc2cc(F)c(Cl)cc2n1Cc1ccno1. The molecule has 5 nitrogen and oxygen atoms in total. The lowest BCUT2D eigenvalue weighted by molar-refractivity contribution is 0.378. The highest BCUT2D eigenvalue weighted by Gasteiger charge is 2.13. The second-order valence-electron chi connectivity index (χ2n) is 3.79. The maximum Gasteiger partial charge on any atom is 0.201 e. The number of hydrogen-bond acceptors (Lipinski definition) is 4. The first-order valence-corrected chi connectivity index (χ1v) is 5.53. The summed E-state index contributed by atoms with van der Waals surface area (Å²) < 4.78 is 20.0. The number of imidazole rings is 1. The molecule has 0 saturated heterocycles. The van der Waals surface area contributed by atoms with Gasteiger partial charge in [-0.15, -0.1) is 0 Å². The summed E-state index contributed by atoms with van der Waals surface area (Å²) in [5, 5.41) is 3.64. The minimum absolute atomic E-state index is 0.0289. The van der Waals surface area contributed by atoms with E-state index in [0.717, 1.165) is 0 Å². The third-order valence-corrected chi connectivity index (χ3v) is 2.91. The van der Waals surface area contributed by atoms with Crippen molar-refractivity contribution in [2.75, 3.05) is 5.73 Å². The molecule has 0 unspecified atom stereocenters. The minimum atomic E-state index is -0.520. The van der Waals surface area contributed by atoms with Crippen LogP contribution in [0, 0.1) is 5.82 Å². The van der Waals surface area contributed by atoms with E-state index in [2.05, 4.69) is 10.1 Å². The molecule has 1 aromatic carbocycles. The first kappa shape index (κ1) is 11.0. The molecule has 0 amide bonds. The van der Waals surface area contributed by atoms with Crippen LogP contribution in [0.5, 0.6) is 0 Å². The molecule has 7 heteroatoms. The van der Waals surface area contributed by atoms with Crippen molar-refractivity contribution in [3.63, 3.8) is 0 Å². The predicted octanol–water partition coefficient (Wildman–Crippen LogP) is 2.45. The van der Waals surface area contributed by atoms with Gasteiger partial charge in [0.15, 0.2) is 5.76 Å². The van der Waals surface area contributed by atoms with Gasteiger partial charge in [0.05, 0.1) is 28.8 Å². The Kier molecular flexibility index (Phi) is 2.45. The number of rotatable bonds is 2. The molecule has 0 aliphatic rings. The molecule has 2 heterocycles. The van der Waals surface area contributed by atoms with Gasteiger partial charge in [-0.3, -0.25) is 0 Å². The zero-order valence-electron chi connectivity index (χ0n) is 9.10. The number of nitrogen functional groups attached to an aromatic ring is 1. The van der Waals surface area contributed by atoms with Gasteiger partial charge in [-0.1, -0.05) is 16.8 Å². The van der Waals surface area contributed by atoms with Gasteiger partial charge in [0.2, 0.25) is 5.95 Å². The Morgan fingerprint density at radius 2 is 2.28 bits per heavy atom. The van der Waals surface area contributed by atoms with Crippen molar-refractivity contribution in [3.05, 3.63) is 41.0 Å². The third kappa shape index (κ3) is 1.70. The topological polar surface area (TPSA) is 69.9 Å². The van der Waals surface area contributed by atoms with Crippen LogP contribution < -0.4 is 5.73 Å². The maximum atomic E-state index is 13.3. The van der Waals surface area contributed by atoms with Crippen LogP contribution in [0.1, 0.15) is 5.76 Å². The molecule has 0 bridgehead atoms. The Labute approximate surface area is 106 Å². The van der Waals surface area contributed by atoms with Gasteiger partial charge in [0, 0.05) is 12.1 Å². The number of anilines is 1. The van der Waals surface area contributed by atoms with Crippen molar-refractivity contribution in [1.82, 2.24) is 14.7 Å². The van der Waals surface area contributed by atoms with E-state index in [1.165, 1.54) is 18.3 Å². The Morgan fingerprint density at radius 3 is 3.00 bits per heavy atom. The smallest absolute Gasteiger partial charge is 0.201 e. The quantitative estimate of drug-likeness (QED) is 0.773. The van der Waals surface area contributed by atoms with Crippen LogP contribution in [0.15, 0.2) is 28.9 Å². The van der Waals surface area contributed by atoms with Gasteiger partial charge in [0.25, 0.3) is 0 Å². The second kappa shape index (κ2) is 3.99. The monoisotopic (exact) mass is 266 g/mol. The number of benzene rings is 1. The van der Waals surface area contributed by atoms with Crippen molar-refractivity contribution < 1.29 is 8.91 Å². The lowest BCUT2D eigenvalue weighted by Gasteiger charge is -2.03. The summed E-state index contributed by atoms with van der Waals surface area (Å²) in [5.41, 5.74) is 6.90. The molecule has 3 aromatic rings. The highest BCUT2D eigenvalue weighted by atomic mass is 35.5. The molecule has 0 spiro atoms. The molecule has 0 radical (unpaired) electrons. The summed E-state index contributed by atoms with van der Waals surface area (Å²) in [5.74, 6) is 0.373. The van der Waals surface area contributed by atoms with Gasteiger partial charge in [-0.2, -0.15) is 0 Å². The Morgan fingerprint density at radius 1 is 1.44 bits per heavy atom. The summed E-state index contributed by atoms with van der Waals surface area (Å²) >= 11 is 5.76. The molecule has 2 aromatic heterocycles. The summed E-state index contributed by atoms with van der Waals surface area (Å²) in [7, 11) is 0. The Balaban J connectivity index is 2.16. The van der Waals surface area contributed by atoms with E-state index in [1.54, 1.807) is 10.6 Å². The zero-order valence-corrected chi connectivity index (χ0v) is 9.86. The van der Waals surface area contributed by atoms with Crippen LogP contribution in [0.4, 0.5) is 10.3 Å². The summed E-state index contributed by atoms with van der Waals surface area (Å²) in [4.78, 5) is 4.08. The number of hydrogen-bond donors (Lipinski definition) is 1. The van der Waals surface area contributed by atoms with Crippen LogP contribution in [0.25, 0.3) is 11.0 Å². The van der Waals surface area contributed by atoms with Crippen molar-refractivity contribution >= 4 is 28.6 Å². The zero-order chi connectivity index (χ0) is 12.7. The van der Waals surface area contributed by atoms with Gasteiger partial charge in [0.1, 0.15) is 5.82 Å². The van der Waals surface area contributed by atoms with Crippen LogP contribution in [0.2, 0.25) is 5.02 Å². The summed E-state index contributed by atoms with van der Waals surface area (Å²) in [6.07, 6.45) is 1.54. The highest BCUT2D eigenvalue weighted by Crippen LogP contribution is 2.25. The number of fused-ring (bicyclic) bond motifs is 1. The lowest BCUT2D eigenvalue weighted by atomic mass is 10.3. The Bertz CT molecular complexity index is 707. The van der Waals surface area contributed by atoms with Crippen molar-refractivity contribution in [3.8, 4) is 0 Å². The van der Waals surface area contributed by atoms with Crippen molar-refractivity contribution in [1.29, 1.82) is 0 Å². The fraction of sp³-hybridized carbons (Fsp3) is 0.0909. The average Bonchev–Trinajstić information content (AvgIpc) is 2.92. The van der Waals surface area contributed by atoms with E-state index >= 15 is 0 Å². The normalized spacial score (nSPS) is 11.2. The lowest BCUT2D eigenvalue weighted by Crippen LogP contribution is -2.03. The van der Waals surface area contributed by atoms with Gasteiger partial charge < -0.3 is 14.8 Å². The molecule has 0 atom stereocenters. The number of halogens is 2. The van der Waals surface area contributed by atoms with Gasteiger partial charge in [-0.05, 0) is 6.07 Å². The molecule has 0 fully saturated rings. The van der Waals surface area contributed by atoms with E-state index in [9.17, 15) is 4.39 Å². The highest BCUT2D eigenvalue weighted by molar-refractivity contribution is 6.31. The maximum absolute atomic E-state index is 13.3. The van der Waals surface area contributed by atoms with E-state index in [1.807, 2.05) is 0 Å². The Hall–Kier alpha value is -2.08.